The van der Waals surface area contributed by atoms with E-state index in [2.05, 4.69) is 16.3 Å². The molecule has 1 heterocycles. The van der Waals surface area contributed by atoms with Gasteiger partial charge < -0.3 is 10.1 Å². The lowest BCUT2D eigenvalue weighted by Gasteiger charge is -2.19. The van der Waals surface area contributed by atoms with Crippen LogP contribution in [0.5, 0.6) is 5.75 Å². The smallest absolute Gasteiger partial charge is 0.231 e. The first-order valence-electron chi connectivity index (χ1n) is 8.92. The molecule has 1 N–H and O–H groups in total. The van der Waals surface area contributed by atoms with Gasteiger partial charge in [-0.3, -0.25) is 9.69 Å². The van der Waals surface area contributed by atoms with Crippen molar-refractivity contribution in [1.82, 2.24) is 4.90 Å². The summed E-state index contributed by atoms with van der Waals surface area (Å²) in [7, 11) is 1.64. The number of anilines is 1. The monoisotopic (exact) mass is 338 g/mol. The maximum Gasteiger partial charge on any atom is 0.231 e. The lowest BCUT2D eigenvalue weighted by molar-refractivity contribution is -0.117. The summed E-state index contributed by atoms with van der Waals surface area (Å²) in [4.78, 5) is 15.1. The molecular formula is C21H26N2O2. The Morgan fingerprint density at radius 1 is 1.12 bits per heavy atom. The molecule has 1 saturated heterocycles. The molecule has 132 valence electrons. The van der Waals surface area contributed by atoms with Crippen LogP contribution in [-0.4, -0.2) is 31.0 Å². The number of amides is 1. The van der Waals surface area contributed by atoms with Crippen LogP contribution >= 0.6 is 0 Å². The molecule has 0 aromatic heterocycles. The average Bonchev–Trinajstić information content (AvgIpc) is 3.16. The Balaban J connectivity index is 1.69. The van der Waals surface area contributed by atoms with Crippen molar-refractivity contribution in [1.29, 1.82) is 0 Å². The SMILES string of the molecule is COc1ccc([C@H](C)C(=O)Nc2ccccc2CN2CCCC2)cc1. The third-order valence-corrected chi connectivity index (χ3v) is 4.88. The zero-order valence-electron chi connectivity index (χ0n) is 15.0. The minimum absolute atomic E-state index is 0.0130. The van der Waals surface area contributed by atoms with Gasteiger partial charge in [0.15, 0.2) is 0 Å². The second-order valence-corrected chi connectivity index (χ2v) is 6.62. The third kappa shape index (κ3) is 4.40. The minimum Gasteiger partial charge on any atom is -0.497 e. The number of likely N-dealkylation sites (tertiary alicyclic amines) is 1. The molecule has 1 aliphatic heterocycles. The van der Waals surface area contributed by atoms with Gasteiger partial charge in [-0.2, -0.15) is 0 Å². The maximum absolute atomic E-state index is 12.7. The normalized spacial score (nSPS) is 15.8. The molecule has 0 aliphatic carbocycles. The van der Waals surface area contributed by atoms with Gasteiger partial charge in [0.2, 0.25) is 5.91 Å². The molecule has 4 nitrogen and oxygen atoms in total. The number of carbonyl (C=O) groups is 1. The Morgan fingerprint density at radius 2 is 1.80 bits per heavy atom. The van der Waals surface area contributed by atoms with Crippen LogP contribution in [0.1, 0.15) is 36.8 Å². The van der Waals surface area contributed by atoms with Gasteiger partial charge in [-0.05, 0) is 62.2 Å². The summed E-state index contributed by atoms with van der Waals surface area (Å²) >= 11 is 0. The van der Waals surface area contributed by atoms with Crippen molar-refractivity contribution in [2.75, 3.05) is 25.5 Å². The molecule has 1 aliphatic rings. The Bertz CT molecular complexity index is 706. The first kappa shape index (κ1) is 17.5. The molecule has 1 fully saturated rings. The molecule has 2 aromatic carbocycles. The molecular weight excluding hydrogens is 312 g/mol. The highest BCUT2D eigenvalue weighted by Crippen LogP contribution is 2.24. The Kier molecular flexibility index (Phi) is 5.71. The first-order chi connectivity index (χ1) is 12.2. The molecule has 1 amide bonds. The number of hydrogen-bond acceptors (Lipinski definition) is 3. The molecule has 0 radical (unpaired) electrons. The molecule has 0 bridgehead atoms. The Hall–Kier alpha value is -2.33. The van der Waals surface area contributed by atoms with Crippen LogP contribution in [0.2, 0.25) is 0 Å². The van der Waals surface area contributed by atoms with Crippen molar-refractivity contribution in [2.24, 2.45) is 0 Å². The number of benzene rings is 2. The molecule has 0 unspecified atom stereocenters. The van der Waals surface area contributed by atoms with Gasteiger partial charge >= 0.3 is 0 Å². The number of nitrogens with zero attached hydrogens (tertiary/aromatic N) is 1. The Morgan fingerprint density at radius 3 is 2.48 bits per heavy atom. The molecule has 0 spiro atoms. The van der Waals surface area contributed by atoms with Crippen molar-refractivity contribution in [3.8, 4) is 5.75 Å². The van der Waals surface area contributed by atoms with Gasteiger partial charge in [0.1, 0.15) is 5.75 Å². The number of rotatable bonds is 6. The van der Waals surface area contributed by atoms with E-state index < -0.39 is 0 Å². The average molecular weight is 338 g/mol. The van der Waals surface area contributed by atoms with Gasteiger partial charge in [-0.1, -0.05) is 30.3 Å². The van der Waals surface area contributed by atoms with Gasteiger partial charge in [0, 0.05) is 12.2 Å². The number of nitrogens with one attached hydrogen (secondary N) is 1. The summed E-state index contributed by atoms with van der Waals surface area (Å²) < 4.78 is 5.18. The second kappa shape index (κ2) is 8.17. The summed E-state index contributed by atoms with van der Waals surface area (Å²) in [6.45, 7) is 5.11. The fraction of sp³-hybridized carbons (Fsp3) is 0.381. The minimum atomic E-state index is -0.217. The van der Waals surface area contributed by atoms with E-state index in [4.69, 9.17) is 4.74 Å². The van der Waals surface area contributed by atoms with Crippen LogP contribution in [0.25, 0.3) is 0 Å². The van der Waals surface area contributed by atoms with Crippen LogP contribution in [-0.2, 0) is 11.3 Å². The highest BCUT2D eigenvalue weighted by atomic mass is 16.5. The van der Waals surface area contributed by atoms with Crippen molar-refractivity contribution < 1.29 is 9.53 Å². The van der Waals surface area contributed by atoms with Crippen LogP contribution < -0.4 is 10.1 Å². The van der Waals surface area contributed by atoms with Crippen LogP contribution in [0, 0.1) is 0 Å². The van der Waals surface area contributed by atoms with Crippen LogP contribution in [0.3, 0.4) is 0 Å². The number of hydrogen-bond donors (Lipinski definition) is 1. The molecule has 2 aromatic rings. The largest absolute Gasteiger partial charge is 0.497 e. The van der Waals surface area contributed by atoms with E-state index in [9.17, 15) is 4.79 Å². The number of para-hydroxylation sites is 1. The number of methoxy groups -OCH3 is 1. The predicted molar refractivity (Wildman–Crippen MR) is 101 cm³/mol. The molecule has 3 rings (SSSR count). The van der Waals surface area contributed by atoms with Crippen LogP contribution in [0.4, 0.5) is 5.69 Å². The number of carbonyl (C=O) groups excluding carboxylic acids is 1. The molecule has 1 atom stereocenters. The zero-order valence-corrected chi connectivity index (χ0v) is 15.0. The van der Waals surface area contributed by atoms with Crippen molar-refractivity contribution >= 4 is 11.6 Å². The highest BCUT2D eigenvalue weighted by Gasteiger charge is 2.18. The standard InChI is InChI=1S/C21H26N2O2/c1-16(17-9-11-19(25-2)12-10-17)21(24)22-20-8-4-3-7-18(20)15-23-13-5-6-14-23/h3-4,7-12,16H,5-6,13-15H2,1-2H3,(H,22,24)/t16-/m0/s1. The topological polar surface area (TPSA) is 41.6 Å². The lowest BCUT2D eigenvalue weighted by atomic mass is 10.00. The summed E-state index contributed by atoms with van der Waals surface area (Å²) in [6.07, 6.45) is 2.53. The van der Waals surface area contributed by atoms with Gasteiger partial charge in [0.05, 0.1) is 13.0 Å². The fourth-order valence-corrected chi connectivity index (χ4v) is 3.25. The third-order valence-electron chi connectivity index (χ3n) is 4.88. The zero-order chi connectivity index (χ0) is 17.6. The predicted octanol–water partition coefficient (Wildman–Crippen LogP) is 4.03. The van der Waals surface area contributed by atoms with Crippen molar-refractivity contribution in [3.63, 3.8) is 0 Å². The first-order valence-corrected chi connectivity index (χ1v) is 8.92. The van der Waals surface area contributed by atoms with Crippen molar-refractivity contribution in [3.05, 3.63) is 59.7 Å². The maximum atomic E-state index is 12.7. The second-order valence-electron chi connectivity index (χ2n) is 6.62. The van der Waals surface area contributed by atoms with Gasteiger partial charge in [-0.15, -0.1) is 0 Å². The highest BCUT2D eigenvalue weighted by molar-refractivity contribution is 5.96. The summed E-state index contributed by atoms with van der Waals surface area (Å²) in [5.41, 5.74) is 3.08. The van der Waals surface area contributed by atoms with E-state index in [1.165, 1.54) is 18.4 Å². The van der Waals surface area contributed by atoms with E-state index >= 15 is 0 Å². The van der Waals surface area contributed by atoms with Gasteiger partial charge in [-0.25, -0.2) is 0 Å². The summed E-state index contributed by atoms with van der Waals surface area (Å²) in [6, 6.07) is 15.8. The van der Waals surface area contributed by atoms with Crippen molar-refractivity contribution in [2.45, 2.75) is 32.2 Å². The number of ether oxygens (including phenoxy) is 1. The molecule has 0 saturated carbocycles. The Labute approximate surface area is 149 Å². The lowest BCUT2D eigenvalue weighted by Crippen LogP contribution is -2.22. The molecule has 25 heavy (non-hydrogen) atoms. The fourth-order valence-electron chi connectivity index (χ4n) is 3.25. The molecule has 4 heteroatoms. The van der Waals surface area contributed by atoms with Gasteiger partial charge in [0.25, 0.3) is 0 Å². The van der Waals surface area contributed by atoms with E-state index in [0.29, 0.717) is 0 Å². The van der Waals surface area contributed by atoms with E-state index in [0.717, 1.165) is 36.6 Å². The van der Waals surface area contributed by atoms with Crippen LogP contribution in [0.15, 0.2) is 48.5 Å². The summed E-state index contributed by atoms with van der Waals surface area (Å²) in [5, 5.41) is 3.11. The quantitative estimate of drug-likeness (QED) is 0.864. The summed E-state index contributed by atoms with van der Waals surface area (Å²) in [5.74, 6) is 0.595. The van der Waals surface area contributed by atoms with E-state index in [1.54, 1.807) is 7.11 Å². The van der Waals surface area contributed by atoms with E-state index in [-0.39, 0.29) is 11.8 Å². The van der Waals surface area contributed by atoms with E-state index in [1.807, 2.05) is 49.4 Å².